The second-order valence-electron chi connectivity index (χ2n) is 2.27. The lowest BCUT2D eigenvalue weighted by Crippen LogP contribution is -1.93. The number of aromatic nitrogens is 4. The van der Waals surface area contributed by atoms with Crippen molar-refractivity contribution in [2.24, 2.45) is 0 Å². The summed E-state index contributed by atoms with van der Waals surface area (Å²) in [7, 11) is -1.23. The Bertz CT molecular complexity index is 514. The van der Waals surface area contributed by atoms with E-state index in [1.54, 1.807) is 0 Å². The van der Waals surface area contributed by atoms with Gasteiger partial charge in [-0.25, -0.2) is 0 Å². The van der Waals surface area contributed by atoms with Crippen molar-refractivity contribution in [2.45, 2.75) is 8.68 Å². The van der Waals surface area contributed by atoms with Crippen LogP contribution in [0.4, 0.5) is 0 Å². The SMILES string of the molecule is O=[S@](CSc1nc(Cl)ns1)c1nc(Cl)ns1. The van der Waals surface area contributed by atoms with Gasteiger partial charge in [0.05, 0.1) is 15.9 Å². The van der Waals surface area contributed by atoms with Crippen LogP contribution in [0.5, 0.6) is 0 Å². The normalized spacial score (nSPS) is 12.9. The predicted octanol–water partition coefficient (Wildman–Crippen LogP) is 2.55. The molecule has 0 spiro atoms. The predicted molar refractivity (Wildman–Crippen MR) is 67.0 cm³/mol. The number of thioether (sulfide) groups is 1. The Balaban J connectivity index is 1.93. The molecule has 0 saturated carbocycles. The second-order valence-corrected chi connectivity index (χ2v) is 7.66. The molecule has 0 saturated heterocycles. The van der Waals surface area contributed by atoms with E-state index in [2.05, 4.69) is 18.7 Å². The van der Waals surface area contributed by atoms with Crippen molar-refractivity contribution in [3.8, 4) is 0 Å². The van der Waals surface area contributed by atoms with Gasteiger partial charge in [-0.3, -0.25) is 4.21 Å². The molecule has 11 heteroatoms. The molecule has 2 rings (SSSR count). The summed E-state index contributed by atoms with van der Waals surface area (Å²) in [6, 6.07) is 0. The molecule has 0 aliphatic carbocycles. The van der Waals surface area contributed by atoms with Gasteiger partial charge in [0.1, 0.15) is 0 Å². The van der Waals surface area contributed by atoms with Crippen LogP contribution in [0.1, 0.15) is 0 Å². The van der Waals surface area contributed by atoms with Gasteiger partial charge in [-0.15, -0.1) is 0 Å². The molecule has 2 aromatic rings. The molecule has 16 heavy (non-hydrogen) atoms. The lowest BCUT2D eigenvalue weighted by Gasteiger charge is -1.93. The molecule has 0 radical (unpaired) electrons. The second kappa shape index (κ2) is 5.69. The minimum atomic E-state index is -1.23. The third-order valence-electron chi connectivity index (χ3n) is 1.25. The zero-order valence-corrected chi connectivity index (χ0v) is 12.1. The molecule has 5 nitrogen and oxygen atoms in total. The first-order valence-corrected chi connectivity index (χ1v) is 8.25. The topological polar surface area (TPSA) is 68.6 Å². The number of rotatable bonds is 4. The highest BCUT2D eigenvalue weighted by atomic mass is 35.5. The quantitative estimate of drug-likeness (QED) is 0.801. The van der Waals surface area contributed by atoms with Crippen molar-refractivity contribution in [3.05, 3.63) is 10.6 Å². The average Bonchev–Trinajstić information content (AvgIpc) is 2.84. The Kier molecular flexibility index (Phi) is 4.50. The van der Waals surface area contributed by atoms with E-state index in [0.717, 1.165) is 11.5 Å². The van der Waals surface area contributed by atoms with Crippen LogP contribution < -0.4 is 0 Å². The van der Waals surface area contributed by atoms with E-state index in [1.165, 1.54) is 23.3 Å². The number of hydrogen-bond acceptors (Lipinski definition) is 8. The van der Waals surface area contributed by atoms with E-state index in [0.29, 0.717) is 13.8 Å². The molecule has 86 valence electrons. The van der Waals surface area contributed by atoms with Crippen molar-refractivity contribution in [1.29, 1.82) is 0 Å². The van der Waals surface area contributed by atoms with Crippen LogP contribution in [0.25, 0.3) is 0 Å². The first-order valence-electron chi connectivity index (χ1n) is 3.65. The minimum Gasteiger partial charge on any atom is -0.251 e. The summed E-state index contributed by atoms with van der Waals surface area (Å²) in [5, 5.41) is 0.659. The third kappa shape index (κ3) is 3.34. The molecule has 0 aliphatic rings. The van der Waals surface area contributed by atoms with Crippen molar-refractivity contribution >= 4 is 68.8 Å². The highest BCUT2D eigenvalue weighted by Gasteiger charge is 2.12. The summed E-state index contributed by atoms with van der Waals surface area (Å²) < 4.78 is 20.3. The summed E-state index contributed by atoms with van der Waals surface area (Å²) >= 11 is 14.6. The smallest absolute Gasteiger partial charge is 0.235 e. The Morgan fingerprint density at radius 2 is 1.88 bits per heavy atom. The Morgan fingerprint density at radius 3 is 2.44 bits per heavy atom. The number of hydrogen-bond donors (Lipinski definition) is 0. The minimum absolute atomic E-state index is 0.123. The van der Waals surface area contributed by atoms with Crippen LogP contribution in [-0.4, -0.2) is 28.0 Å². The fourth-order valence-electron chi connectivity index (χ4n) is 0.691. The van der Waals surface area contributed by atoms with Crippen LogP contribution in [0.15, 0.2) is 8.68 Å². The van der Waals surface area contributed by atoms with Crippen molar-refractivity contribution in [3.63, 3.8) is 0 Å². The first-order chi connectivity index (χ1) is 7.65. The van der Waals surface area contributed by atoms with Crippen molar-refractivity contribution < 1.29 is 4.21 Å². The van der Waals surface area contributed by atoms with Crippen LogP contribution in [0.3, 0.4) is 0 Å². The number of halogens is 2. The first kappa shape index (κ1) is 12.7. The zero-order valence-electron chi connectivity index (χ0n) is 7.29. The van der Waals surface area contributed by atoms with E-state index in [-0.39, 0.29) is 10.6 Å². The highest BCUT2D eigenvalue weighted by molar-refractivity contribution is 8.11. The highest BCUT2D eigenvalue weighted by Crippen LogP contribution is 2.25. The maximum Gasteiger partial charge on any atom is 0.235 e. The zero-order chi connectivity index (χ0) is 11.5. The van der Waals surface area contributed by atoms with Crippen LogP contribution in [-0.2, 0) is 10.8 Å². The van der Waals surface area contributed by atoms with Gasteiger partial charge in [0, 0.05) is 0 Å². The van der Waals surface area contributed by atoms with Gasteiger partial charge < -0.3 is 0 Å². The van der Waals surface area contributed by atoms with Gasteiger partial charge in [-0.2, -0.15) is 18.7 Å². The number of nitrogens with zero attached hydrogens (tertiary/aromatic N) is 4. The van der Waals surface area contributed by atoms with Crippen molar-refractivity contribution in [1.82, 2.24) is 18.7 Å². The Labute approximate surface area is 115 Å². The molecule has 2 heterocycles. The lowest BCUT2D eigenvalue weighted by atomic mass is 11.3. The van der Waals surface area contributed by atoms with E-state index in [1.807, 2.05) is 0 Å². The maximum absolute atomic E-state index is 11.7. The van der Waals surface area contributed by atoms with Crippen LogP contribution in [0.2, 0.25) is 10.6 Å². The molecule has 0 amide bonds. The maximum atomic E-state index is 11.7. The van der Waals surface area contributed by atoms with Gasteiger partial charge in [0.25, 0.3) is 0 Å². The van der Waals surface area contributed by atoms with E-state index >= 15 is 0 Å². The molecular formula is C5H2Cl2N4OS4. The van der Waals surface area contributed by atoms with Gasteiger partial charge in [-0.1, -0.05) is 11.8 Å². The standard InChI is InChI=1S/C5H2Cl2N4OS4/c6-2-8-4(14-10-2)13-1-16(12)5-9-3(7)11-15-5/h1H2/t16-/m1/s1. The van der Waals surface area contributed by atoms with Gasteiger partial charge >= 0.3 is 0 Å². The summed E-state index contributed by atoms with van der Waals surface area (Å²) in [4.78, 5) is 7.75. The van der Waals surface area contributed by atoms with Crippen LogP contribution >= 0.6 is 58.0 Å². The summed E-state index contributed by atoms with van der Waals surface area (Å²) in [6.07, 6.45) is 0. The van der Waals surface area contributed by atoms with Crippen LogP contribution in [0, 0.1) is 0 Å². The molecule has 0 aromatic carbocycles. The fraction of sp³-hybridized carbons (Fsp3) is 0.200. The Morgan fingerprint density at radius 1 is 1.19 bits per heavy atom. The van der Waals surface area contributed by atoms with E-state index < -0.39 is 10.8 Å². The monoisotopic (exact) mass is 332 g/mol. The molecule has 0 N–H and O–H groups in total. The summed E-state index contributed by atoms with van der Waals surface area (Å²) in [5.74, 6) is 0. The third-order valence-corrected chi connectivity index (χ3v) is 6.32. The van der Waals surface area contributed by atoms with Gasteiger partial charge in [0.2, 0.25) is 14.9 Å². The summed E-state index contributed by atoms with van der Waals surface area (Å²) in [6.45, 7) is 0. The fourth-order valence-corrected chi connectivity index (χ4v) is 5.12. The molecule has 1 atom stereocenters. The van der Waals surface area contributed by atoms with Crippen molar-refractivity contribution in [2.75, 3.05) is 5.08 Å². The molecule has 0 fully saturated rings. The largest absolute Gasteiger partial charge is 0.251 e. The summed E-state index contributed by atoms with van der Waals surface area (Å²) in [5.41, 5.74) is 0. The Hall–Kier alpha value is 0.200. The molecule has 2 aromatic heterocycles. The molecule has 0 unspecified atom stereocenters. The van der Waals surface area contributed by atoms with E-state index in [4.69, 9.17) is 23.2 Å². The molecule has 0 bridgehead atoms. The molecular weight excluding hydrogens is 331 g/mol. The average molecular weight is 333 g/mol. The van der Waals surface area contributed by atoms with Gasteiger partial charge in [-0.05, 0) is 46.3 Å². The molecule has 0 aliphatic heterocycles. The van der Waals surface area contributed by atoms with E-state index in [9.17, 15) is 4.21 Å². The lowest BCUT2D eigenvalue weighted by molar-refractivity contribution is 0.685. The van der Waals surface area contributed by atoms with Gasteiger partial charge in [0.15, 0.2) is 4.34 Å².